The molecule has 0 aliphatic carbocycles. The van der Waals surface area contributed by atoms with Gasteiger partial charge >= 0.3 is 18.2 Å². The number of thioether (sulfide) groups is 1. The molecule has 0 saturated carbocycles. The van der Waals surface area contributed by atoms with Crippen LogP contribution in [0.3, 0.4) is 0 Å². The van der Waals surface area contributed by atoms with Crippen molar-refractivity contribution in [3.05, 3.63) is 130 Å². The van der Waals surface area contributed by atoms with E-state index in [1.54, 1.807) is 0 Å². The van der Waals surface area contributed by atoms with E-state index in [1.165, 1.54) is 91.5 Å². The number of nitro groups is 3. The number of fused-ring (bicyclic) bond motifs is 1. The van der Waals surface area contributed by atoms with Crippen molar-refractivity contribution in [2.75, 3.05) is 6.54 Å². The number of primary amides is 1. The maximum Gasteiger partial charge on any atom is 0.508 e. The molecule has 3 aromatic rings. The van der Waals surface area contributed by atoms with Crippen LogP contribution in [-0.4, -0.2) is 95.5 Å². The molecule has 2 fully saturated rings. The summed E-state index contributed by atoms with van der Waals surface area (Å²) in [5.41, 5.74) is 6.41. The topological polar surface area (TPSA) is 308 Å². The van der Waals surface area contributed by atoms with Gasteiger partial charge in [0.15, 0.2) is 0 Å². The number of β-lactam (4-membered cyclic amide) rings is 1. The van der Waals surface area contributed by atoms with E-state index in [0.29, 0.717) is 16.7 Å². The number of carboxylic acids is 1. The molecule has 3 heterocycles. The Kier molecular flexibility index (Phi) is 13.1. The van der Waals surface area contributed by atoms with Crippen LogP contribution in [0.5, 0.6) is 0 Å². The van der Waals surface area contributed by atoms with Gasteiger partial charge in [-0.05, 0) is 67.6 Å². The van der Waals surface area contributed by atoms with Crippen LogP contribution in [0.4, 0.5) is 26.7 Å². The summed E-state index contributed by atoms with van der Waals surface area (Å²) in [7, 11) is 0. The molecule has 1 unspecified atom stereocenters. The molecule has 6 atom stereocenters. The quantitative estimate of drug-likeness (QED) is 0.0514. The number of carboxylic acid groups (broad SMARTS) is 1. The predicted octanol–water partition coefficient (Wildman–Crippen LogP) is 4.87. The first-order valence-electron chi connectivity index (χ1n) is 18.7. The van der Waals surface area contributed by atoms with E-state index < -0.39 is 80.1 Å². The summed E-state index contributed by atoms with van der Waals surface area (Å²) >= 11 is 1.10. The number of non-ortho nitro benzene ring substituents is 3. The van der Waals surface area contributed by atoms with Crippen molar-refractivity contribution < 1.29 is 58.1 Å². The summed E-state index contributed by atoms with van der Waals surface area (Å²) in [5, 5.41) is 43.3. The van der Waals surface area contributed by atoms with Crippen LogP contribution >= 0.6 is 11.8 Å². The normalized spacial score (nSPS) is 21.1. The van der Waals surface area contributed by atoms with Crippen LogP contribution in [0.25, 0.3) is 0 Å². The summed E-state index contributed by atoms with van der Waals surface area (Å²) in [6, 6.07) is 14.3. The molecule has 22 nitrogen and oxygen atoms in total. The first kappa shape index (κ1) is 44.1. The number of nitrogens with two attached hydrogens (primary N) is 1. The van der Waals surface area contributed by atoms with Crippen molar-refractivity contribution in [1.29, 1.82) is 0 Å². The maximum absolute atomic E-state index is 13.8. The van der Waals surface area contributed by atoms with E-state index >= 15 is 0 Å². The lowest BCUT2D eigenvalue weighted by Crippen LogP contribution is -2.64. The van der Waals surface area contributed by atoms with Crippen LogP contribution in [-0.2, 0) is 48.2 Å². The van der Waals surface area contributed by atoms with Crippen LogP contribution in [0.1, 0.15) is 37.0 Å². The highest BCUT2D eigenvalue weighted by Gasteiger charge is 2.62. The number of amides is 3. The minimum atomic E-state index is -1.43. The average Bonchev–Trinajstić information content (AvgIpc) is 3.77. The molecule has 0 spiro atoms. The highest BCUT2D eigenvalue weighted by molar-refractivity contribution is 8.03. The summed E-state index contributed by atoms with van der Waals surface area (Å²) in [4.78, 5) is 103. The fraction of sp³-hybridized carbons (Fsp3) is 0.333. The number of carbonyl (C=O) groups is 5. The molecule has 3 aliphatic heterocycles. The van der Waals surface area contributed by atoms with Gasteiger partial charge in [0.2, 0.25) is 11.8 Å². The zero-order valence-corrected chi connectivity index (χ0v) is 33.6. The molecule has 0 radical (unpaired) electrons. The largest absolute Gasteiger partial charge is 0.508 e. The molecule has 3 amide bonds. The Balaban J connectivity index is 1.20. The second-order valence-electron chi connectivity index (χ2n) is 14.4. The monoisotopic (exact) mass is 875 g/mol. The minimum Gasteiger partial charge on any atom is -0.477 e. The van der Waals surface area contributed by atoms with Gasteiger partial charge in [-0.3, -0.25) is 39.9 Å². The van der Waals surface area contributed by atoms with Crippen LogP contribution in [0.15, 0.2) is 88.4 Å². The molecule has 0 bridgehead atoms. The van der Waals surface area contributed by atoms with Gasteiger partial charge in [0.05, 0.1) is 26.7 Å². The zero-order chi connectivity index (χ0) is 45.0. The summed E-state index contributed by atoms with van der Waals surface area (Å²) in [6.07, 6.45) is -3.13. The molecule has 3 N–H and O–H groups in total. The summed E-state index contributed by atoms with van der Waals surface area (Å²) in [6.45, 7) is 2.40. The number of nitro benzene ring substituents is 3. The number of hydrogen-bond donors (Lipinski definition) is 2. The number of carbonyl (C=O) groups excluding carboxylic acids is 4. The lowest BCUT2D eigenvalue weighted by Gasteiger charge is -2.47. The van der Waals surface area contributed by atoms with Crippen molar-refractivity contribution in [1.82, 2.24) is 9.80 Å². The Bertz CT molecular complexity index is 2370. The number of nitrogens with zero attached hydrogens (tertiary/aromatic N) is 6. The minimum absolute atomic E-state index is 0.0477. The van der Waals surface area contributed by atoms with Gasteiger partial charge in [0, 0.05) is 59.0 Å². The second-order valence-corrected chi connectivity index (χ2v) is 15.8. The summed E-state index contributed by atoms with van der Waals surface area (Å²) < 4.78 is 15.9. The first-order chi connectivity index (χ1) is 29.4. The van der Waals surface area contributed by atoms with Gasteiger partial charge in [-0.1, -0.05) is 12.1 Å². The standard InChI is InChI=1S/C39H37N7O15S/c1-20(61-39(52)60-19-24-7-13-27(14-8-24)46(57)58)31-32-29(15-22-3-9-25(10-4-22)44(53)54)34(33(37(49)50)43(32)36(31)48)62-28-16-30(35(40)47)42(17-28)21(2)41-38(51)59-18-23-5-11-26(12-6-23)45(55)56/h3-14,20,28-32H,15-19H2,1-2H3,(H2,40,47)(H,49,50)/t20-,28+,29?,30+,31-,32+/m1/s1. The van der Waals surface area contributed by atoms with Crippen molar-refractivity contribution in [3.63, 3.8) is 0 Å². The van der Waals surface area contributed by atoms with Gasteiger partial charge in [-0.25, -0.2) is 14.4 Å². The number of aliphatic carboxylic acids is 1. The molecule has 3 aromatic carbocycles. The van der Waals surface area contributed by atoms with Crippen molar-refractivity contribution in [3.8, 4) is 0 Å². The third kappa shape index (κ3) is 9.62. The molecule has 0 aromatic heterocycles. The lowest BCUT2D eigenvalue weighted by atomic mass is 9.76. The third-order valence-electron chi connectivity index (χ3n) is 10.6. The molecule has 2 saturated heterocycles. The Hall–Kier alpha value is -7.43. The second kappa shape index (κ2) is 18.5. The van der Waals surface area contributed by atoms with Gasteiger partial charge in [0.25, 0.3) is 17.1 Å². The van der Waals surface area contributed by atoms with Crippen LogP contribution in [0.2, 0.25) is 0 Å². The number of likely N-dealkylation sites (tertiary alicyclic amines) is 1. The van der Waals surface area contributed by atoms with Gasteiger partial charge < -0.3 is 34.9 Å². The van der Waals surface area contributed by atoms with E-state index in [4.69, 9.17) is 19.9 Å². The molecule has 62 heavy (non-hydrogen) atoms. The Labute approximate surface area is 354 Å². The van der Waals surface area contributed by atoms with Gasteiger partial charge in [-0.15, -0.1) is 11.8 Å². The summed E-state index contributed by atoms with van der Waals surface area (Å²) in [5.74, 6) is -4.57. The number of aliphatic imine (C=N–C) groups is 1. The number of rotatable bonds is 15. The van der Waals surface area contributed by atoms with Crippen molar-refractivity contribution in [2.24, 2.45) is 22.6 Å². The maximum atomic E-state index is 13.8. The molecular formula is C39H37N7O15S. The highest BCUT2D eigenvalue weighted by Crippen LogP contribution is 2.54. The molecular weight excluding hydrogens is 839 g/mol. The zero-order valence-electron chi connectivity index (χ0n) is 32.8. The van der Waals surface area contributed by atoms with E-state index in [-0.39, 0.29) is 66.1 Å². The first-order valence-corrected chi connectivity index (χ1v) is 19.6. The molecule has 6 rings (SSSR count). The fourth-order valence-electron chi connectivity index (χ4n) is 7.61. The van der Waals surface area contributed by atoms with Gasteiger partial charge in [0.1, 0.15) is 36.9 Å². The number of hydrogen-bond acceptors (Lipinski definition) is 15. The van der Waals surface area contributed by atoms with E-state index in [9.17, 15) is 59.4 Å². The molecule has 324 valence electrons. The van der Waals surface area contributed by atoms with E-state index in [1.807, 2.05) is 0 Å². The van der Waals surface area contributed by atoms with Gasteiger partial charge in [-0.2, -0.15) is 4.99 Å². The average molecular weight is 876 g/mol. The number of benzene rings is 3. The fourth-order valence-corrected chi connectivity index (χ4v) is 9.18. The number of ether oxygens (including phenoxy) is 3. The van der Waals surface area contributed by atoms with E-state index in [2.05, 4.69) is 4.99 Å². The Morgan fingerprint density at radius 3 is 1.84 bits per heavy atom. The third-order valence-corrected chi connectivity index (χ3v) is 12.0. The molecule has 3 aliphatic rings. The van der Waals surface area contributed by atoms with Crippen LogP contribution in [0, 0.1) is 42.2 Å². The SMILES string of the molecule is CC(=NC(=O)OCc1ccc([N+](=O)[O-])cc1)N1C[C@@H](SC2=C(C(=O)O)N3C(=O)[C@H]([C@@H](C)OC(=O)OCc4ccc([N+](=O)[O-])cc4)[C@@H]3C2Cc2ccc([N+](=O)[O-])cc2)C[C@H]1C(N)=O. The predicted molar refractivity (Wildman–Crippen MR) is 215 cm³/mol. The van der Waals surface area contributed by atoms with E-state index in [0.717, 1.165) is 16.7 Å². The number of amidine groups is 1. The Morgan fingerprint density at radius 2 is 1.35 bits per heavy atom. The van der Waals surface area contributed by atoms with Crippen LogP contribution < -0.4 is 5.73 Å². The van der Waals surface area contributed by atoms with Crippen molar-refractivity contribution >= 4 is 64.7 Å². The van der Waals surface area contributed by atoms with Crippen molar-refractivity contribution in [2.45, 2.75) is 63.3 Å². The molecule has 23 heteroatoms. The Morgan fingerprint density at radius 1 is 0.855 bits per heavy atom. The lowest BCUT2D eigenvalue weighted by molar-refractivity contribution is -0.385. The smallest absolute Gasteiger partial charge is 0.477 e. The highest BCUT2D eigenvalue weighted by atomic mass is 32.2.